The van der Waals surface area contributed by atoms with Gasteiger partial charge in [-0.15, -0.1) is 0 Å². The molecule has 1 aliphatic rings. The molecule has 5 nitrogen and oxygen atoms in total. The van der Waals surface area contributed by atoms with Crippen LogP contribution in [-0.4, -0.2) is 30.9 Å². The summed E-state index contributed by atoms with van der Waals surface area (Å²) in [6, 6.07) is 3.41. The van der Waals surface area contributed by atoms with Crippen molar-refractivity contribution in [3.05, 3.63) is 24.0 Å². The number of hydrogen-bond acceptors (Lipinski definition) is 3. The molecular weight excluding hydrogens is 271 g/mol. The maximum absolute atomic E-state index is 13.2. The zero-order valence-electron chi connectivity index (χ0n) is 10.5. The van der Waals surface area contributed by atoms with Crippen molar-refractivity contribution in [2.45, 2.75) is 25.7 Å². The van der Waals surface area contributed by atoms with E-state index in [4.69, 9.17) is 5.11 Å². The molecule has 0 aliphatic carbocycles. The number of phenols is 1. The second-order valence-corrected chi connectivity index (χ2v) is 6.26. The number of nitrogens with zero attached hydrogens (tertiary/aromatic N) is 1. The van der Waals surface area contributed by atoms with Gasteiger partial charge in [0.25, 0.3) is 0 Å². The van der Waals surface area contributed by atoms with Crippen LogP contribution in [0.1, 0.15) is 25.7 Å². The van der Waals surface area contributed by atoms with E-state index in [9.17, 15) is 12.8 Å². The van der Waals surface area contributed by atoms with Gasteiger partial charge in [0, 0.05) is 19.2 Å². The summed E-state index contributed by atoms with van der Waals surface area (Å²) < 4.78 is 41.1. The lowest BCUT2D eigenvalue weighted by atomic mass is 10.2. The zero-order chi connectivity index (χ0) is 13.9. The Morgan fingerprint density at radius 3 is 2.37 bits per heavy atom. The van der Waals surface area contributed by atoms with Gasteiger partial charge in [-0.05, 0) is 25.0 Å². The van der Waals surface area contributed by atoms with Gasteiger partial charge < -0.3 is 5.11 Å². The number of benzene rings is 1. The third-order valence-electron chi connectivity index (χ3n) is 3.10. The number of anilines is 1. The molecule has 0 aromatic heterocycles. The summed E-state index contributed by atoms with van der Waals surface area (Å²) >= 11 is 0. The topological polar surface area (TPSA) is 69.6 Å². The molecule has 0 atom stereocenters. The predicted octanol–water partition coefficient (Wildman–Crippen LogP) is 2.06. The van der Waals surface area contributed by atoms with Gasteiger partial charge >= 0.3 is 10.2 Å². The van der Waals surface area contributed by atoms with Crippen LogP contribution in [-0.2, 0) is 10.2 Å². The Morgan fingerprint density at radius 1 is 1.16 bits per heavy atom. The highest BCUT2D eigenvalue weighted by molar-refractivity contribution is 7.90. The quantitative estimate of drug-likeness (QED) is 0.836. The molecule has 19 heavy (non-hydrogen) atoms. The smallest absolute Gasteiger partial charge is 0.301 e. The van der Waals surface area contributed by atoms with E-state index in [0.717, 1.165) is 37.8 Å². The molecule has 0 unspecified atom stereocenters. The number of aromatic hydroxyl groups is 1. The van der Waals surface area contributed by atoms with Crippen LogP contribution in [0.2, 0.25) is 0 Å². The second-order valence-electron chi connectivity index (χ2n) is 4.59. The van der Waals surface area contributed by atoms with Crippen LogP contribution in [0.3, 0.4) is 0 Å². The zero-order valence-corrected chi connectivity index (χ0v) is 11.3. The molecule has 1 fully saturated rings. The third-order valence-corrected chi connectivity index (χ3v) is 4.64. The Morgan fingerprint density at radius 2 is 1.79 bits per heavy atom. The molecule has 1 aliphatic heterocycles. The Hall–Kier alpha value is -1.34. The van der Waals surface area contributed by atoms with Gasteiger partial charge in [-0.1, -0.05) is 12.8 Å². The van der Waals surface area contributed by atoms with Gasteiger partial charge in [-0.2, -0.15) is 12.7 Å². The van der Waals surface area contributed by atoms with E-state index in [1.165, 1.54) is 10.4 Å². The first-order valence-corrected chi connectivity index (χ1v) is 7.69. The average molecular weight is 288 g/mol. The standard InChI is InChI=1S/C12H17FN2O3S/c13-11-9-10(5-6-12(11)16)14-19(17,18)15-7-3-1-2-4-8-15/h5-6,9,14,16H,1-4,7-8H2. The van der Waals surface area contributed by atoms with Crippen molar-refractivity contribution in [1.82, 2.24) is 4.31 Å². The van der Waals surface area contributed by atoms with Crippen LogP contribution in [0.25, 0.3) is 0 Å². The van der Waals surface area contributed by atoms with Gasteiger partial charge in [0.1, 0.15) is 0 Å². The van der Waals surface area contributed by atoms with Gasteiger partial charge in [-0.25, -0.2) is 4.39 Å². The van der Waals surface area contributed by atoms with Crippen molar-refractivity contribution in [3.63, 3.8) is 0 Å². The van der Waals surface area contributed by atoms with Crippen LogP contribution in [0.5, 0.6) is 5.75 Å². The SMILES string of the molecule is O=S(=O)(Nc1ccc(O)c(F)c1)N1CCCCCC1. The van der Waals surface area contributed by atoms with Crippen LogP contribution < -0.4 is 4.72 Å². The fraction of sp³-hybridized carbons (Fsp3) is 0.500. The maximum atomic E-state index is 13.2. The minimum atomic E-state index is -3.65. The van der Waals surface area contributed by atoms with Crippen molar-refractivity contribution in [2.24, 2.45) is 0 Å². The van der Waals surface area contributed by atoms with Crippen molar-refractivity contribution >= 4 is 15.9 Å². The molecule has 2 rings (SSSR count). The predicted molar refractivity (Wildman–Crippen MR) is 70.6 cm³/mol. The summed E-state index contributed by atoms with van der Waals surface area (Å²) in [5, 5.41) is 9.07. The molecule has 1 saturated heterocycles. The molecular formula is C12H17FN2O3S. The summed E-state index contributed by atoms with van der Waals surface area (Å²) in [4.78, 5) is 0. The van der Waals surface area contributed by atoms with Gasteiger partial charge in [0.15, 0.2) is 11.6 Å². The molecule has 1 heterocycles. The highest BCUT2D eigenvalue weighted by atomic mass is 32.2. The first-order chi connectivity index (χ1) is 8.99. The van der Waals surface area contributed by atoms with Crippen LogP contribution in [0.4, 0.5) is 10.1 Å². The molecule has 7 heteroatoms. The van der Waals surface area contributed by atoms with Crippen molar-refractivity contribution in [3.8, 4) is 5.75 Å². The van der Waals surface area contributed by atoms with E-state index in [0.29, 0.717) is 13.1 Å². The second kappa shape index (κ2) is 5.75. The van der Waals surface area contributed by atoms with Crippen LogP contribution in [0.15, 0.2) is 18.2 Å². The fourth-order valence-corrected chi connectivity index (χ4v) is 3.36. The number of nitrogens with one attached hydrogen (secondary N) is 1. The number of phenolic OH excluding ortho intramolecular Hbond substituents is 1. The Balaban J connectivity index is 2.13. The fourth-order valence-electron chi connectivity index (χ4n) is 2.07. The lowest BCUT2D eigenvalue weighted by molar-refractivity contribution is 0.427. The van der Waals surface area contributed by atoms with Gasteiger partial charge in [-0.3, -0.25) is 4.72 Å². The molecule has 0 spiro atoms. The molecule has 0 radical (unpaired) electrons. The Kier molecular flexibility index (Phi) is 4.26. The molecule has 0 amide bonds. The van der Waals surface area contributed by atoms with Crippen molar-refractivity contribution < 1.29 is 17.9 Å². The first kappa shape index (κ1) is 14.1. The summed E-state index contributed by atoms with van der Waals surface area (Å²) in [5.41, 5.74) is 0.111. The van der Waals surface area contributed by atoms with E-state index in [1.807, 2.05) is 0 Å². The van der Waals surface area contributed by atoms with Gasteiger partial charge in [0.05, 0.1) is 5.69 Å². The minimum absolute atomic E-state index is 0.111. The summed E-state index contributed by atoms with van der Waals surface area (Å²) in [6.45, 7) is 0.964. The number of halogens is 1. The molecule has 0 saturated carbocycles. The van der Waals surface area contributed by atoms with Gasteiger partial charge in [0.2, 0.25) is 0 Å². The van der Waals surface area contributed by atoms with E-state index in [2.05, 4.69) is 4.72 Å². The molecule has 1 aromatic rings. The third kappa shape index (κ3) is 3.57. The molecule has 0 bridgehead atoms. The van der Waals surface area contributed by atoms with E-state index < -0.39 is 21.8 Å². The largest absolute Gasteiger partial charge is 0.505 e. The van der Waals surface area contributed by atoms with Crippen molar-refractivity contribution in [2.75, 3.05) is 17.8 Å². The molecule has 2 N–H and O–H groups in total. The molecule has 1 aromatic carbocycles. The maximum Gasteiger partial charge on any atom is 0.301 e. The average Bonchev–Trinajstić information content (AvgIpc) is 2.63. The number of hydrogen-bond donors (Lipinski definition) is 2. The monoisotopic (exact) mass is 288 g/mol. The van der Waals surface area contributed by atoms with Crippen LogP contribution in [0, 0.1) is 5.82 Å². The highest BCUT2D eigenvalue weighted by Crippen LogP contribution is 2.21. The first-order valence-electron chi connectivity index (χ1n) is 6.25. The Labute approximate surface area is 112 Å². The molecule has 106 valence electrons. The minimum Gasteiger partial charge on any atom is -0.505 e. The lowest BCUT2D eigenvalue weighted by Crippen LogP contribution is -2.36. The number of rotatable bonds is 3. The summed E-state index contributed by atoms with van der Waals surface area (Å²) in [7, 11) is -3.65. The normalized spacial score (nSPS) is 17.9. The highest BCUT2D eigenvalue weighted by Gasteiger charge is 2.23. The van der Waals surface area contributed by atoms with E-state index >= 15 is 0 Å². The van der Waals surface area contributed by atoms with E-state index in [1.54, 1.807) is 0 Å². The summed E-state index contributed by atoms with van der Waals surface area (Å²) in [5.74, 6) is -1.35. The van der Waals surface area contributed by atoms with Crippen LogP contribution >= 0.6 is 0 Å². The van der Waals surface area contributed by atoms with Crippen molar-refractivity contribution in [1.29, 1.82) is 0 Å². The lowest BCUT2D eigenvalue weighted by Gasteiger charge is -2.20. The Bertz CT molecular complexity index is 540. The summed E-state index contributed by atoms with van der Waals surface area (Å²) in [6.07, 6.45) is 3.73. The van der Waals surface area contributed by atoms with E-state index in [-0.39, 0.29) is 5.69 Å².